The minimum absolute atomic E-state index is 0.195. The summed E-state index contributed by atoms with van der Waals surface area (Å²) in [5, 5.41) is 1.35. The Labute approximate surface area is 184 Å². The lowest BCUT2D eigenvalue weighted by molar-refractivity contribution is -0.127. The molecule has 0 saturated carbocycles. The number of fused-ring (bicyclic) bond motifs is 1. The number of aromatic amines is 1. The highest BCUT2D eigenvalue weighted by molar-refractivity contribution is 7.89. The van der Waals surface area contributed by atoms with E-state index in [1.165, 1.54) is 16.6 Å². The standard InChI is InChI=1S/C20H18Cl2N4O3S/c21-16-5-1-3-14(19(16)22)6-7-18(27)25-9-11-26(12-10-25)30(28,29)17-13-24-20-15(17)4-2-8-23-20/h1-8,13H,9-12H2,(H,23,24)/b7-6+. The molecule has 1 fully saturated rings. The zero-order valence-electron chi connectivity index (χ0n) is 15.8. The Balaban J connectivity index is 1.44. The fourth-order valence-electron chi connectivity index (χ4n) is 3.35. The average molecular weight is 465 g/mol. The van der Waals surface area contributed by atoms with Gasteiger partial charge in [-0.2, -0.15) is 4.31 Å². The van der Waals surface area contributed by atoms with Crippen LogP contribution in [0.3, 0.4) is 0 Å². The van der Waals surface area contributed by atoms with Gasteiger partial charge in [0.25, 0.3) is 0 Å². The van der Waals surface area contributed by atoms with Gasteiger partial charge in [-0.25, -0.2) is 13.4 Å². The number of pyridine rings is 1. The van der Waals surface area contributed by atoms with Crippen LogP contribution in [-0.4, -0.2) is 59.7 Å². The van der Waals surface area contributed by atoms with Crippen LogP contribution in [0, 0.1) is 0 Å². The van der Waals surface area contributed by atoms with Crippen molar-refractivity contribution in [2.75, 3.05) is 26.2 Å². The summed E-state index contributed by atoms with van der Waals surface area (Å²) in [7, 11) is -3.69. The van der Waals surface area contributed by atoms with Crippen LogP contribution in [0.2, 0.25) is 10.0 Å². The minimum Gasteiger partial charge on any atom is -0.345 e. The first-order valence-corrected chi connectivity index (χ1v) is 11.4. The van der Waals surface area contributed by atoms with Gasteiger partial charge in [0.05, 0.1) is 10.0 Å². The van der Waals surface area contributed by atoms with E-state index in [1.807, 2.05) is 0 Å². The van der Waals surface area contributed by atoms with Crippen molar-refractivity contribution in [1.82, 2.24) is 19.2 Å². The Morgan fingerprint density at radius 3 is 2.63 bits per heavy atom. The summed E-state index contributed by atoms with van der Waals surface area (Å²) in [5.74, 6) is -0.209. The van der Waals surface area contributed by atoms with E-state index in [0.29, 0.717) is 39.7 Å². The Morgan fingerprint density at radius 1 is 1.10 bits per heavy atom. The van der Waals surface area contributed by atoms with E-state index < -0.39 is 10.0 Å². The van der Waals surface area contributed by atoms with E-state index in [0.717, 1.165) is 0 Å². The fraction of sp³-hybridized carbons (Fsp3) is 0.200. The Hall–Kier alpha value is -2.39. The summed E-state index contributed by atoms with van der Waals surface area (Å²) in [5.41, 5.74) is 1.17. The second-order valence-electron chi connectivity index (χ2n) is 6.76. The van der Waals surface area contributed by atoms with Crippen molar-refractivity contribution in [3.05, 3.63) is 64.4 Å². The summed E-state index contributed by atoms with van der Waals surface area (Å²) >= 11 is 12.1. The second kappa shape index (κ2) is 8.39. The Bertz CT molecular complexity index is 1230. The first-order chi connectivity index (χ1) is 14.4. The number of H-pyrrole nitrogens is 1. The minimum atomic E-state index is -3.69. The Morgan fingerprint density at radius 2 is 1.87 bits per heavy atom. The zero-order valence-corrected chi connectivity index (χ0v) is 18.1. The molecule has 0 unspecified atom stereocenters. The first kappa shape index (κ1) is 20.9. The highest BCUT2D eigenvalue weighted by Crippen LogP contribution is 2.27. The van der Waals surface area contributed by atoms with Gasteiger partial charge >= 0.3 is 0 Å². The molecule has 7 nitrogen and oxygen atoms in total. The van der Waals surface area contributed by atoms with Gasteiger partial charge in [0.15, 0.2) is 0 Å². The molecule has 10 heteroatoms. The molecule has 1 N–H and O–H groups in total. The fourth-order valence-corrected chi connectivity index (χ4v) is 5.29. The molecule has 0 bridgehead atoms. The summed E-state index contributed by atoms with van der Waals surface area (Å²) < 4.78 is 27.5. The second-order valence-corrected chi connectivity index (χ2v) is 9.45. The van der Waals surface area contributed by atoms with Crippen molar-refractivity contribution in [2.24, 2.45) is 0 Å². The number of carbonyl (C=O) groups is 1. The maximum atomic E-state index is 13.1. The molecule has 1 aromatic carbocycles. The van der Waals surface area contributed by atoms with Gasteiger partial charge in [-0.15, -0.1) is 0 Å². The maximum Gasteiger partial charge on any atom is 0.246 e. The van der Waals surface area contributed by atoms with Crippen LogP contribution in [0.5, 0.6) is 0 Å². The molecule has 156 valence electrons. The molecule has 0 atom stereocenters. The van der Waals surface area contributed by atoms with Crippen LogP contribution in [0.1, 0.15) is 5.56 Å². The number of piperazine rings is 1. The molecule has 4 rings (SSSR count). The monoisotopic (exact) mass is 464 g/mol. The van der Waals surface area contributed by atoms with Crippen molar-refractivity contribution in [3.63, 3.8) is 0 Å². The normalized spacial score (nSPS) is 15.9. The van der Waals surface area contributed by atoms with E-state index >= 15 is 0 Å². The number of hydrogen-bond acceptors (Lipinski definition) is 4. The van der Waals surface area contributed by atoms with Gasteiger partial charge < -0.3 is 9.88 Å². The predicted molar refractivity (Wildman–Crippen MR) is 117 cm³/mol. The summed E-state index contributed by atoms with van der Waals surface area (Å²) in [4.78, 5) is 21.3. The summed E-state index contributed by atoms with van der Waals surface area (Å²) in [6, 6.07) is 8.61. The molecular weight excluding hydrogens is 447 g/mol. The highest BCUT2D eigenvalue weighted by Gasteiger charge is 2.31. The van der Waals surface area contributed by atoms with Gasteiger partial charge in [-0.3, -0.25) is 4.79 Å². The van der Waals surface area contributed by atoms with Gasteiger partial charge in [-0.05, 0) is 29.8 Å². The van der Waals surface area contributed by atoms with E-state index in [-0.39, 0.29) is 23.9 Å². The van der Waals surface area contributed by atoms with Gasteiger partial charge in [0.1, 0.15) is 10.5 Å². The molecule has 2 aromatic heterocycles. The number of rotatable bonds is 4. The lowest BCUT2D eigenvalue weighted by atomic mass is 10.2. The van der Waals surface area contributed by atoms with Crippen molar-refractivity contribution >= 4 is 56.2 Å². The third-order valence-corrected chi connectivity index (χ3v) is 7.74. The Kier molecular flexibility index (Phi) is 5.84. The quantitative estimate of drug-likeness (QED) is 0.599. The molecule has 1 saturated heterocycles. The molecular formula is C20H18Cl2N4O3S. The highest BCUT2D eigenvalue weighted by atomic mass is 35.5. The lowest BCUT2D eigenvalue weighted by Gasteiger charge is -2.33. The average Bonchev–Trinajstić information content (AvgIpc) is 3.20. The topological polar surface area (TPSA) is 86.4 Å². The van der Waals surface area contributed by atoms with Crippen LogP contribution >= 0.6 is 23.2 Å². The number of amides is 1. The van der Waals surface area contributed by atoms with E-state index in [9.17, 15) is 13.2 Å². The number of halogens is 2. The third-order valence-electron chi connectivity index (χ3n) is 4.97. The number of benzene rings is 1. The molecule has 1 aliphatic heterocycles. The van der Waals surface area contributed by atoms with E-state index in [2.05, 4.69) is 9.97 Å². The molecule has 1 aliphatic rings. The maximum absolute atomic E-state index is 13.1. The smallest absolute Gasteiger partial charge is 0.246 e. The van der Waals surface area contributed by atoms with Crippen LogP contribution < -0.4 is 0 Å². The lowest BCUT2D eigenvalue weighted by Crippen LogP contribution is -2.50. The van der Waals surface area contributed by atoms with E-state index in [4.69, 9.17) is 23.2 Å². The number of hydrogen-bond donors (Lipinski definition) is 1. The molecule has 3 aromatic rings. The summed E-state index contributed by atoms with van der Waals surface area (Å²) in [6.45, 7) is 1.03. The van der Waals surface area contributed by atoms with Gasteiger partial charge in [0, 0.05) is 50.0 Å². The number of nitrogens with zero attached hydrogens (tertiary/aromatic N) is 3. The molecule has 0 aliphatic carbocycles. The van der Waals surface area contributed by atoms with Crippen molar-refractivity contribution in [2.45, 2.75) is 4.90 Å². The molecule has 1 amide bonds. The van der Waals surface area contributed by atoms with Crippen LogP contribution in [0.4, 0.5) is 0 Å². The van der Waals surface area contributed by atoms with Crippen LogP contribution in [0.25, 0.3) is 17.1 Å². The number of carbonyl (C=O) groups excluding carboxylic acids is 1. The zero-order chi connectivity index (χ0) is 21.3. The third kappa shape index (κ3) is 3.96. The number of aromatic nitrogens is 2. The van der Waals surface area contributed by atoms with Gasteiger partial charge in [-0.1, -0.05) is 35.3 Å². The molecule has 0 radical (unpaired) electrons. The largest absolute Gasteiger partial charge is 0.345 e. The van der Waals surface area contributed by atoms with Crippen molar-refractivity contribution in [1.29, 1.82) is 0 Å². The van der Waals surface area contributed by atoms with Crippen molar-refractivity contribution < 1.29 is 13.2 Å². The van der Waals surface area contributed by atoms with Crippen LogP contribution in [-0.2, 0) is 14.8 Å². The van der Waals surface area contributed by atoms with Gasteiger partial charge in [0.2, 0.25) is 15.9 Å². The number of nitrogens with one attached hydrogen (secondary N) is 1. The first-order valence-electron chi connectivity index (χ1n) is 9.21. The number of sulfonamides is 1. The predicted octanol–water partition coefficient (Wildman–Crippen LogP) is 3.42. The van der Waals surface area contributed by atoms with E-state index in [1.54, 1.807) is 47.5 Å². The van der Waals surface area contributed by atoms with Crippen molar-refractivity contribution in [3.8, 4) is 0 Å². The van der Waals surface area contributed by atoms with Crippen LogP contribution in [0.15, 0.2) is 53.7 Å². The molecule has 0 spiro atoms. The molecule has 3 heterocycles. The molecule has 30 heavy (non-hydrogen) atoms. The summed E-state index contributed by atoms with van der Waals surface area (Å²) in [6.07, 6.45) is 6.09. The SMILES string of the molecule is O=C(/C=C/c1cccc(Cl)c1Cl)N1CCN(S(=O)(=O)c2c[nH]c3ncccc23)CC1.